The van der Waals surface area contributed by atoms with Crippen LogP contribution in [0.3, 0.4) is 0 Å². The minimum atomic E-state index is -2.74. The summed E-state index contributed by atoms with van der Waals surface area (Å²) in [5, 5.41) is 2.26. The van der Waals surface area contributed by atoms with Crippen LogP contribution >= 0.6 is 0 Å². The molecule has 0 amide bonds. The molecule has 2 aromatic carbocycles. The van der Waals surface area contributed by atoms with Gasteiger partial charge in [-0.1, -0.05) is 81.4 Å². The third kappa shape index (κ3) is 3.50. The summed E-state index contributed by atoms with van der Waals surface area (Å²) in [6.45, 7) is 10.4. The Morgan fingerprint density at radius 2 is 1.45 bits per heavy atom. The van der Waals surface area contributed by atoms with E-state index < -0.39 is 20.2 Å². The first kappa shape index (κ1) is 20.5. The molecule has 29 heavy (non-hydrogen) atoms. The van der Waals surface area contributed by atoms with E-state index in [9.17, 15) is 4.79 Å². The summed E-state index contributed by atoms with van der Waals surface area (Å²) in [5.41, 5.74) is 0. The van der Waals surface area contributed by atoms with Gasteiger partial charge in [0, 0.05) is 6.42 Å². The number of hydrogen-bond donors (Lipinski definition) is 0. The molecule has 2 fully saturated rings. The van der Waals surface area contributed by atoms with E-state index >= 15 is 0 Å². The summed E-state index contributed by atoms with van der Waals surface area (Å²) in [6, 6.07) is 21.0. The molecule has 4 rings (SSSR count). The van der Waals surface area contributed by atoms with Crippen molar-refractivity contribution >= 4 is 24.5 Å². The van der Waals surface area contributed by atoms with E-state index in [-0.39, 0.29) is 23.0 Å². The molecule has 4 nitrogen and oxygen atoms in total. The summed E-state index contributed by atoms with van der Waals surface area (Å²) < 4.78 is 19.2. The minimum absolute atomic E-state index is 0.0727. The molecular formula is C24H30O4Si. The molecule has 154 valence electrons. The lowest BCUT2D eigenvalue weighted by Gasteiger charge is -2.45. The fourth-order valence-corrected chi connectivity index (χ4v) is 9.45. The van der Waals surface area contributed by atoms with Crippen molar-refractivity contribution in [1.82, 2.24) is 0 Å². The van der Waals surface area contributed by atoms with Crippen molar-refractivity contribution in [3.8, 4) is 0 Å². The van der Waals surface area contributed by atoms with Crippen molar-refractivity contribution in [2.75, 3.05) is 0 Å². The Morgan fingerprint density at radius 3 is 1.93 bits per heavy atom. The minimum Gasteiger partial charge on any atom is -0.401 e. The van der Waals surface area contributed by atoms with Crippen LogP contribution in [0.1, 0.15) is 41.0 Å². The normalized spacial score (nSPS) is 26.5. The van der Waals surface area contributed by atoms with Crippen LogP contribution in [0.4, 0.5) is 0 Å². The first-order valence-corrected chi connectivity index (χ1v) is 12.2. The fraction of sp³-hybridized carbons (Fsp3) is 0.458. The van der Waals surface area contributed by atoms with Gasteiger partial charge in [-0.25, -0.2) is 0 Å². The summed E-state index contributed by atoms with van der Waals surface area (Å²) in [4.78, 5) is 12.7. The molecule has 5 heteroatoms. The largest absolute Gasteiger partial charge is 0.401 e. The van der Waals surface area contributed by atoms with Crippen LogP contribution in [-0.2, 0) is 18.7 Å². The van der Waals surface area contributed by atoms with E-state index in [1.807, 2.05) is 26.0 Å². The van der Waals surface area contributed by atoms with E-state index in [0.717, 1.165) is 0 Å². The molecule has 1 saturated heterocycles. The molecule has 0 bridgehead atoms. The van der Waals surface area contributed by atoms with Gasteiger partial charge in [-0.15, -0.1) is 0 Å². The SMILES string of the molecule is CC1(C)O[C@@H]2[C@H](O1)C(=O)C[C@H]2O[Si](c1ccccc1)(c1ccccc1)C(C)(C)C. The number of rotatable bonds is 4. The Morgan fingerprint density at radius 1 is 0.931 bits per heavy atom. The highest BCUT2D eigenvalue weighted by atomic mass is 28.4. The first-order chi connectivity index (χ1) is 13.6. The molecule has 3 atom stereocenters. The Hall–Kier alpha value is -1.79. The fourth-order valence-electron chi connectivity index (χ4n) is 4.77. The zero-order valence-corrected chi connectivity index (χ0v) is 18.8. The molecule has 1 heterocycles. The standard InChI is InChI=1S/C24H30O4Si/c1-23(2,3)29(17-12-8-6-9-13-17,18-14-10-7-11-15-18)28-20-16-19(25)21-22(20)27-24(4,5)26-21/h6-15,20-22H,16H2,1-5H3/t20-,21-,22+/m1/s1. The smallest absolute Gasteiger partial charge is 0.261 e. The number of Topliss-reactive ketones (excluding diaryl/α,β-unsaturated/α-hetero) is 1. The number of carbonyl (C=O) groups is 1. The van der Waals surface area contributed by atoms with Gasteiger partial charge in [0.1, 0.15) is 12.2 Å². The van der Waals surface area contributed by atoms with Gasteiger partial charge in [0.2, 0.25) is 0 Å². The topological polar surface area (TPSA) is 44.8 Å². The van der Waals surface area contributed by atoms with Gasteiger partial charge in [0.25, 0.3) is 8.32 Å². The van der Waals surface area contributed by atoms with Gasteiger partial charge in [-0.2, -0.15) is 0 Å². The molecule has 1 saturated carbocycles. The highest BCUT2D eigenvalue weighted by Crippen LogP contribution is 2.43. The molecule has 2 aliphatic rings. The van der Waals surface area contributed by atoms with E-state index in [0.29, 0.717) is 6.42 Å². The summed E-state index contributed by atoms with van der Waals surface area (Å²) in [6.07, 6.45) is -0.886. The van der Waals surface area contributed by atoms with E-state index in [1.165, 1.54) is 10.4 Å². The van der Waals surface area contributed by atoms with Crippen molar-refractivity contribution in [1.29, 1.82) is 0 Å². The average Bonchev–Trinajstić information content (AvgIpc) is 3.14. The molecule has 0 aromatic heterocycles. The van der Waals surface area contributed by atoms with Crippen LogP contribution in [0.5, 0.6) is 0 Å². The van der Waals surface area contributed by atoms with Crippen LogP contribution in [0, 0.1) is 0 Å². The van der Waals surface area contributed by atoms with Crippen LogP contribution in [0.15, 0.2) is 60.7 Å². The lowest BCUT2D eigenvalue weighted by Crippen LogP contribution is -2.68. The van der Waals surface area contributed by atoms with E-state index in [1.54, 1.807) is 0 Å². The van der Waals surface area contributed by atoms with Crippen LogP contribution in [0.25, 0.3) is 0 Å². The monoisotopic (exact) mass is 410 g/mol. The third-order valence-corrected chi connectivity index (χ3v) is 11.0. The van der Waals surface area contributed by atoms with Crippen molar-refractivity contribution < 1.29 is 18.7 Å². The highest BCUT2D eigenvalue weighted by molar-refractivity contribution is 6.99. The second-order valence-electron chi connectivity index (χ2n) is 9.51. The van der Waals surface area contributed by atoms with Crippen LogP contribution in [0.2, 0.25) is 5.04 Å². The second kappa shape index (κ2) is 7.17. The number of fused-ring (bicyclic) bond motifs is 1. The Kier molecular flexibility index (Phi) is 5.06. The summed E-state index contributed by atoms with van der Waals surface area (Å²) >= 11 is 0. The van der Waals surface area contributed by atoms with Crippen LogP contribution < -0.4 is 10.4 Å². The molecule has 2 aromatic rings. The van der Waals surface area contributed by atoms with E-state index in [4.69, 9.17) is 13.9 Å². The summed E-state index contributed by atoms with van der Waals surface area (Å²) in [5.74, 6) is -0.693. The predicted octanol–water partition coefficient (Wildman–Crippen LogP) is 3.42. The lowest BCUT2D eigenvalue weighted by molar-refractivity contribution is -0.166. The van der Waals surface area contributed by atoms with Crippen molar-refractivity contribution in [2.24, 2.45) is 0 Å². The number of ether oxygens (including phenoxy) is 2. The van der Waals surface area contributed by atoms with Gasteiger partial charge in [-0.05, 0) is 29.3 Å². The maximum absolute atomic E-state index is 12.7. The molecule has 0 unspecified atom stereocenters. The number of ketones is 1. The van der Waals surface area contributed by atoms with Crippen molar-refractivity contribution in [2.45, 2.75) is 70.2 Å². The third-order valence-electron chi connectivity index (χ3n) is 5.96. The Bertz CT molecular complexity index is 833. The highest BCUT2D eigenvalue weighted by Gasteiger charge is 2.59. The van der Waals surface area contributed by atoms with Crippen molar-refractivity contribution in [3.63, 3.8) is 0 Å². The van der Waals surface area contributed by atoms with Gasteiger partial charge in [-0.3, -0.25) is 4.79 Å². The first-order valence-electron chi connectivity index (χ1n) is 10.3. The second-order valence-corrected chi connectivity index (χ2v) is 13.8. The maximum atomic E-state index is 12.7. The Labute approximate surface area is 174 Å². The average molecular weight is 411 g/mol. The number of benzene rings is 2. The molecular weight excluding hydrogens is 380 g/mol. The molecule has 0 N–H and O–H groups in total. The zero-order valence-electron chi connectivity index (χ0n) is 17.8. The van der Waals surface area contributed by atoms with Gasteiger partial charge in [0.15, 0.2) is 11.6 Å². The van der Waals surface area contributed by atoms with Gasteiger partial charge >= 0.3 is 0 Å². The molecule has 0 radical (unpaired) electrons. The maximum Gasteiger partial charge on any atom is 0.261 e. The molecule has 0 spiro atoms. The quantitative estimate of drug-likeness (QED) is 0.725. The van der Waals surface area contributed by atoms with Crippen molar-refractivity contribution in [3.05, 3.63) is 60.7 Å². The van der Waals surface area contributed by atoms with E-state index in [2.05, 4.69) is 69.3 Å². The number of hydrogen-bond acceptors (Lipinski definition) is 4. The van der Waals surface area contributed by atoms with Gasteiger partial charge in [0.05, 0.1) is 6.10 Å². The predicted molar refractivity (Wildman–Crippen MR) is 116 cm³/mol. The van der Waals surface area contributed by atoms with Crippen LogP contribution in [-0.4, -0.2) is 38.2 Å². The van der Waals surface area contributed by atoms with Gasteiger partial charge < -0.3 is 13.9 Å². The number of carbonyl (C=O) groups excluding carboxylic acids is 1. The summed E-state index contributed by atoms with van der Waals surface area (Å²) in [7, 11) is -2.74. The molecule has 1 aliphatic carbocycles. The molecule has 1 aliphatic heterocycles. The zero-order chi connectivity index (χ0) is 20.9. The lowest BCUT2D eigenvalue weighted by atomic mass is 10.2. The Balaban J connectivity index is 1.83.